The smallest absolute Gasteiger partial charge is 0.279 e. The highest BCUT2D eigenvalue weighted by atomic mass is 35.5. The van der Waals surface area contributed by atoms with Crippen molar-refractivity contribution in [2.45, 2.75) is 44.7 Å². The number of rotatable bonds is 5. The number of benzene rings is 2. The molecule has 0 spiro atoms. The average Bonchev–Trinajstić information content (AvgIpc) is 3.56. The Morgan fingerprint density at radius 1 is 1.08 bits per heavy atom. The van der Waals surface area contributed by atoms with Gasteiger partial charge < -0.3 is 14.2 Å². The third-order valence-electron chi connectivity index (χ3n) is 7.86. The molecule has 4 heterocycles. The number of carbonyl (C=O) groups is 1. The lowest BCUT2D eigenvalue weighted by molar-refractivity contribution is 0.0989. The van der Waals surface area contributed by atoms with Crippen molar-refractivity contribution < 1.29 is 9.53 Å². The molecule has 38 heavy (non-hydrogen) atoms. The van der Waals surface area contributed by atoms with Crippen LogP contribution < -0.4 is 9.64 Å². The maximum absolute atomic E-state index is 14.3. The Bertz CT molecular complexity index is 1520. The predicted molar refractivity (Wildman–Crippen MR) is 147 cm³/mol. The van der Waals surface area contributed by atoms with E-state index in [0.29, 0.717) is 33.6 Å². The maximum Gasteiger partial charge on any atom is 0.279 e. The summed E-state index contributed by atoms with van der Waals surface area (Å²) in [5.41, 5.74) is 4.57. The highest BCUT2D eigenvalue weighted by Gasteiger charge is 2.45. The van der Waals surface area contributed by atoms with Crippen LogP contribution in [0, 0.1) is 0 Å². The highest BCUT2D eigenvalue weighted by molar-refractivity contribution is 6.30. The molecule has 1 atom stereocenters. The number of aryl methyl sites for hydroxylation is 1. The minimum absolute atomic E-state index is 0.120. The quantitative estimate of drug-likeness (QED) is 0.360. The van der Waals surface area contributed by atoms with Crippen LogP contribution in [0.25, 0.3) is 11.0 Å². The van der Waals surface area contributed by atoms with Gasteiger partial charge in [-0.1, -0.05) is 28.9 Å². The molecule has 0 saturated carbocycles. The summed E-state index contributed by atoms with van der Waals surface area (Å²) < 4.78 is 9.67. The minimum atomic E-state index is -0.368. The van der Waals surface area contributed by atoms with Crippen molar-refractivity contribution in [3.8, 4) is 5.75 Å². The fourth-order valence-corrected chi connectivity index (χ4v) is 6.06. The summed E-state index contributed by atoms with van der Waals surface area (Å²) in [5.74, 6) is 1.79. The summed E-state index contributed by atoms with van der Waals surface area (Å²) in [5, 5.41) is 9.06. The van der Waals surface area contributed by atoms with Crippen LogP contribution in [0.5, 0.6) is 5.75 Å². The van der Waals surface area contributed by atoms with Crippen molar-refractivity contribution >= 4 is 34.2 Å². The van der Waals surface area contributed by atoms with E-state index in [4.69, 9.17) is 21.3 Å². The topological polar surface area (TPSA) is 81.3 Å². The van der Waals surface area contributed by atoms with E-state index in [9.17, 15) is 4.79 Å². The molecule has 1 amide bonds. The molecule has 2 aliphatic heterocycles. The molecular formula is C28H32ClN7O2. The molecule has 2 aliphatic rings. The largest absolute Gasteiger partial charge is 0.494 e. The van der Waals surface area contributed by atoms with Gasteiger partial charge in [-0.05, 0) is 70.6 Å². The van der Waals surface area contributed by atoms with Crippen LogP contribution in [0.2, 0.25) is 5.02 Å². The molecule has 4 aromatic rings. The molecule has 0 radical (unpaired) electrons. The van der Waals surface area contributed by atoms with Gasteiger partial charge in [-0.15, -0.1) is 5.10 Å². The number of fused-ring (bicyclic) bond motifs is 2. The zero-order valence-corrected chi connectivity index (χ0v) is 23.1. The van der Waals surface area contributed by atoms with Crippen molar-refractivity contribution in [1.29, 1.82) is 0 Å². The second-order valence-corrected chi connectivity index (χ2v) is 11.0. The zero-order valence-electron chi connectivity index (χ0n) is 22.3. The minimum Gasteiger partial charge on any atom is -0.494 e. The van der Waals surface area contributed by atoms with E-state index < -0.39 is 0 Å². The Morgan fingerprint density at radius 3 is 2.45 bits per heavy atom. The zero-order chi connectivity index (χ0) is 26.7. The molecule has 6 rings (SSSR count). The number of carbonyl (C=O) groups excluding carboxylic acids is 1. The first-order chi connectivity index (χ1) is 18.3. The first kappa shape index (κ1) is 24.9. The third kappa shape index (κ3) is 3.87. The summed E-state index contributed by atoms with van der Waals surface area (Å²) >= 11 is 6.27. The second-order valence-electron chi connectivity index (χ2n) is 10.6. The fraction of sp³-hybridized carbons (Fsp3) is 0.429. The predicted octanol–water partition coefficient (Wildman–Crippen LogP) is 4.97. The first-order valence-electron chi connectivity index (χ1n) is 13.1. The van der Waals surface area contributed by atoms with Crippen LogP contribution in [0.4, 0.5) is 5.69 Å². The molecule has 2 aromatic heterocycles. The average molecular weight is 534 g/mol. The van der Waals surface area contributed by atoms with E-state index in [1.54, 1.807) is 11.8 Å². The van der Waals surface area contributed by atoms with Crippen molar-refractivity contribution in [2.75, 3.05) is 32.1 Å². The van der Waals surface area contributed by atoms with E-state index in [-0.39, 0.29) is 18.0 Å². The fourth-order valence-electron chi connectivity index (χ4n) is 5.93. The molecule has 1 unspecified atom stereocenters. The van der Waals surface area contributed by atoms with E-state index in [2.05, 4.69) is 40.7 Å². The van der Waals surface area contributed by atoms with Gasteiger partial charge in [0.15, 0.2) is 17.0 Å². The number of halogens is 1. The second kappa shape index (κ2) is 9.39. The first-order valence-corrected chi connectivity index (χ1v) is 13.4. The van der Waals surface area contributed by atoms with Gasteiger partial charge in [-0.25, -0.2) is 9.67 Å². The number of amides is 1. The summed E-state index contributed by atoms with van der Waals surface area (Å²) in [7, 11) is 5.59. The molecule has 1 fully saturated rings. The van der Waals surface area contributed by atoms with E-state index >= 15 is 0 Å². The molecule has 0 N–H and O–H groups in total. The van der Waals surface area contributed by atoms with E-state index in [1.807, 2.05) is 48.3 Å². The Balaban J connectivity index is 1.56. The third-order valence-corrected chi connectivity index (χ3v) is 8.12. The molecule has 0 aliphatic carbocycles. The summed E-state index contributed by atoms with van der Waals surface area (Å²) in [4.78, 5) is 23.5. The molecule has 1 saturated heterocycles. The Labute approximate surface area is 226 Å². The molecule has 9 nitrogen and oxygen atoms in total. The lowest BCUT2D eigenvalue weighted by Gasteiger charge is -2.32. The molecule has 10 heteroatoms. The molecular weight excluding hydrogens is 502 g/mol. The summed E-state index contributed by atoms with van der Waals surface area (Å²) in [6.45, 7) is 6.39. The SMILES string of the molecule is COc1cc(N2C(=O)c3nc(C4CCN(C)CC4)n(C(C)C)c3C2c2ccc(Cl)cc2)cc2c1nnn2C. The van der Waals surface area contributed by atoms with Crippen LogP contribution in [0.15, 0.2) is 36.4 Å². The molecule has 2 aromatic carbocycles. The number of ether oxygens (including phenoxy) is 1. The number of piperidine rings is 1. The number of methoxy groups -OCH3 is 1. The number of imidazole rings is 1. The number of likely N-dealkylation sites (tertiary alicyclic amines) is 1. The standard InChI is InChI=1S/C28H32ClN7O2/c1-16(2)35-26-24(30-27(35)18-10-12-33(3)13-11-18)28(37)36(25(26)17-6-8-19(29)9-7-17)20-14-21-23(22(15-20)38-5)31-32-34(21)4/h6-9,14-16,18,25H,10-13H2,1-5H3. The normalized spacial score (nSPS) is 18.7. The lowest BCUT2D eigenvalue weighted by Crippen LogP contribution is -2.33. The van der Waals surface area contributed by atoms with Gasteiger partial charge >= 0.3 is 0 Å². The van der Waals surface area contributed by atoms with Crippen LogP contribution in [0.3, 0.4) is 0 Å². The van der Waals surface area contributed by atoms with Gasteiger partial charge in [0.25, 0.3) is 5.91 Å². The lowest BCUT2D eigenvalue weighted by atomic mass is 9.95. The van der Waals surface area contributed by atoms with Gasteiger partial charge in [0.05, 0.1) is 24.0 Å². The van der Waals surface area contributed by atoms with E-state index in [0.717, 1.165) is 48.5 Å². The number of nitrogens with zero attached hydrogens (tertiary/aromatic N) is 7. The van der Waals surface area contributed by atoms with Crippen molar-refractivity contribution in [2.24, 2.45) is 7.05 Å². The molecule has 0 bridgehead atoms. The van der Waals surface area contributed by atoms with Crippen LogP contribution >= 0.6 is 11.6 Å². The number of aromatic nitrogens is 5. The van der Waals surface area contributed by atoms with Gasteiger partial charge in [0.1, 0.15) is 11.9 Å². The van der Waals surface area contributed by atoms with Crippen molar-refractivity contribution in [1.82, 2.24) is 29.4 Å². The van der Waals surface area contributed by atoms with Gasteiger partial charge in [-0.2, -0.15) is 0 Å². The Morgan fingerprint density at radius 2 is 1.79 bits per heavy atom. The van der Waals surface area contributed by atoms with Gasteiger partial charge in [-0.3, -0.25) is 9.69 Å². The number of hydrogen-bond acceptors (Lipinski definition) is 6. The van der Waals surface area contributed by atoms with Crippen molar-refractivity contribution in [3.05, 3.63) is 64.2 Å². The van der Waals surface area contributed by atoms with Crippen LogP contribution in [-0.4, -0.2) is 62.6 Å². The van der Waals surface area contributed by atoms with Gasteiger partial charge in [0, 0.05) is 30.1 Å². The Kier molecular flexibility index (Phi) is 6.15. The molecule has 198 valence electrons. The summed E-state index contributed by atoms with van der Waals surface area (Å²) in [6, 6.07) is 11.3. The van der Waals surface area contributed by atoms with Gasteiger partial charge in [0.2, 0.25) is 0 Å². The Hall–Kier alpha value is -3.43. The van der Waals surface area contributed by atoms with Crippen LogP contribution in [-0.2, 0) is 7.05 Å². The maximum atomic E-state index is 14.3. The van der Waals surface area contributed by atoms with Crippen molar-refractivity contribution in [3.63, 3.8) is 0 Å². The number of hydrogen-bond donors (Lipinski definition) is 0. The van der Waals surface area contributed by atoms with Crippen LogP contribution in [0.1, 0.15) is 72.3 Å². The highest BCUT2D eigenvalue weighted by Crippen LogP contribution is 2.46. The summed E-state index contributed by atoms with van der Waals surface area (Å²) in [6.07, 6.45) is 2.06. The van der Waals surface area contributed by atoms with E-state index in [1.165, 1.54) is 0 Å². The number of anilines is 1. The monoisotopic (exact) mass is 533 g/mol.